The largest absolute Gasteiger partial charge is 0.490 e. The maximum Gasteiger partial charge on any atom is 0.147 e. The van der Waals surface area contributed by atoms with Gasteiger partial charge in [-0.05, 0) is 38.1 Å². The van der Waals surface area contributed by atoms with Crippen LogP contribution in [-0.4, -0.2) is 41.1 Å². The summed E-state index contributed by atoms with van der Waals surface area (Å²) in [6, 6.07) is 6.00. The van der Waals surface area contributed by atoms with Crippen LogP contribution in [0.3, 0.4) is 0 Å². The van der Waals surface area contributed by atoms with Crippen LogP contribution in [0.2, 0.25) is 0 Å². The Morgan fingerprint density at radius 1 is 1.22 bits per heavy atom. The van der Waals surface area contributed by atoms with Crippen molar-refractivity contribution in [3.8, 4) is 5.75 Å². The second kappa shape index (κ2) is 5.40. The third-order valence-electron chi connectivity index (χ3n) is 3.53. The molecule has 0 unspecified atom stereocenters. The lowest BCUT2D eigenvalue weighted by Crippen LogP contribution is -2.33. The van der Waals surface area contributed by atoms with Gasteiger partial charge in [-0.1, -0.05) is 12.5 Å². The van der Waals surface area contributed by atoms with Crippen LogP contribution < -0.4 is 4.74 Å². The molecule has 1 N–H and O–H groups in total. The number of para-hydroxylation sites is 1. The first-order valence-corrected chi connectivity index (χ1v) is 6.71. The molecule has 0 spiro atoms. The predicted octanol–water partition coefficient (Wildman–Crippen LogP) is 2.43. The van der Waals surface area contributed by atoms with E-state index >= 15 is 0 Å². The number of fused-ring (bicyclic) bond motifs is 1. The van der Waals surface area contributed by atoms with Gasteiger partial charge in [0.2, 0.25) is 0 Å². The molecule has 1 saturated heterocycles. The van der Waals surface area contributed by atoms with Gasteiger partial charge in [0.15, 0.2) is 0 Å². The summed E-state index contributed by atoms with van der Waals surface area (Å²) in [5.74, 6) is 0.880. The lowest BCUT2D eigenvalue weighted by Gasteiger charge is -2.26. The van der Waals surface area contributed by atoms with E-state index in [1.807, 2.05) is 18.2 Å². The van der Waals surface area contributed by atoms with Crippen molar-refractivity contribution in [3.63, 3.8) is 0 Å². The zero-order valence-corrected chi connectivity index (χ0v) is 10.6. The standard InChI is InChI=1S/C14H19N3O/c1-2-7-17(8-3-1)9-10-18-13-6-4-5-12-14(13)16-11-15-12/h4-6,11H,1-3,7-10H2,(H,15,16). The lowest BCUT2D eigenvalue weighted by atomic mass is 10.1. The minimum absolute atomic E-state index is 0.742. The first kappa shape index (κ1) is 11.5. The molecule has 0 bridgehead atoms. The summed E-state index contributed by atoms with van der Waals surface area (Å²) in [5, 5.41) is 0. The molecule has 2 aromatic rings. The summed E-state index contributed by atoms with van der Waals surface area (Å²) in [4.78, 5) is 9.87. The van der Waals surface area contributed by atoms with Crippen LogP contribution in [0.1, 0.15) is 19.3 Å². The summed E-state index contributed by atoms with van der Waals surface area (Å²) in [5.41, 5.74) is 1.96. The van der Waals surface area contributed by atoms with Crippen LogP contribution in [0.5, 0.6) is 5.75 Å². The molecule has 3 rings (SSSR count). The molecular weight excluding hydrogens is 226 g/mol. The third kappa shape index (κ3) is 2.48. The van der Waals surface area contributed by atoms with Gasteiger partial charge < -0.3 is 9.72 Å². The molecule has 0 amide bonds. The van der Waals surface area contributed by atoms with Crippen LogP contribution in [0.25, 0.3) is 11.0 Å². The summed E-state index contributed by atoms with van der Waals surface area (Å²) >= 11 is 0. The molecule has 1 aliphatic rings. The second-order valence-corrected chi connectivity index (χ2v) is 4.81. The van der Waals surface area contributed by atoms with Crippen molar-refractivity contribution in [2.24, 2.45) is 0 Å². The average Bonchev–Trinajstić information content (AvgIpc) is 2.89. The fourth-order valence-electron chi connectivity index (χ4n) is 2.52. The van der Waals surface area contributed by atoms with Crippen molar-refractivity contribution in [1.29, 1.82) is 0 Å². The van der Waals surface area contributed by atoms with E-state index in [0.717, 1.165) is 29.9 Å². The van der Waals surface area contributed by atoms with Gasteiger partial charge in [0.1, 0.15) is 17.9 Å². The van der Waals surface area contributed by atoms with E-state index in [1.54, 1.807) is 6.33 Å². The van der Waals surface area contributed by atoms with Crippen molar-refractivity contribution in [3.05, 3.63) is 24.5 Å². The molecule has 96 valence electrons. The number of benzene rings is 1. The quantitative estimate of drug-likeness (QED) is 0.899. The lowest BCUT2D eigenvalue weighted by molar-refractivity contribution is 0.184. The molecule has 0 aliphatic carbocycles. The molecule has 2 heterocycles. The maximum atomic E-state index is 5.86. The van der Waals surface area contributed by atoms with Gasteiger partial charge in [-0.2, -0.15) is 0 Å². The van der Waals surface area contributed by atoms with Crippen molar-refractivity contribution in [2.75, 3.05) is 26.2 Å². The monoisotopic (exact) mass is 245 g/mol. The number of hydrogen-bond acceptors (Lipinski definition) is 3. The Morgan fingerprint density at radius 3 is 3.00 bits per heavy atom. The van der Waals surface area contributed by atoms with E-state index < -0.39 is 0 Å². The van der Waals surface area contributed by atoms with Crippen LogP contribution in [-0.2, 0) is 0 Å². The average molecular weight is 245 g/mol. The number of aromatic nitrogens is 2. The molecule has 18 heavy (non-hydrogen) atoms. The van der Waals surface area contributed by atoms with Crippen LogP contribution in [0.15, 0.2) is 24.5 Å². The molecule has 0 atom stereocenters. The highest BCUT2D eigenvalue weighted by molar-refractivity contribution is 5.80. The first-order chi connectivity index (χ1) is 8.93. The molecule has 1 fully saturated rings. The summed E-state index contributed by atoms with van der Waals surface area (Å²) in [7, 11) is 0. The number of likely N-dealkylation sites (tertiary alicyclic amines) is 1. The number of aromatic amines is 1. The number of imidazole rings is 1. The van der Waals surface area contributed by atoms with Crippen LogP contribution >= 0.6 is 0 Å². The zero-order chi connectivity index (χ0) is 12.2. The Labute approximate surface area is 107 Å². The number of H-pyrrole nitrogens is 1. The van der Waals surface area contributed by atoms with Gasteiger partial charge in [-0.15, -0.1) is 0 Å². The Bertz CT molecular complexity index is 502. The minimum Gasteiger partial charge on any atom is -0.490 e. The fraction of sp³-hybridized carbons (Fsp3) is 0.500. The number of ether oxygens (including phenoxy) is 1. The molecule has 4 heteroatoms. The van der Waals surface area contributed by atoms with Gasteiger partial charge in [0, 0.05) is 6.54 Å². The summed E-state index contributed by atoms with van der Waals surface area (Å²) in [6.07, 6.45) is 5.75. The van der Waals surface area contributed by atoms with Gasteiger partial charge in [0.05, 0.1) is 11.8 Å². The summed E-state index contributed by atoms with van der Waals surface area (Å²) in [6.45, 7) is 4.19. The predicted molar refractivity (Wildman–Crippen MR) is 71.9 cm³/mol. The van der Waals surface area contributed by atoms with Gasteiger partial charge in [0.25, 0.3) is 0 Å². The highest BCUT2D eigenvalue weighted by Gasteiger charge is 2.10. The first-order valence-electron chi connectivity index (χ1n) is 6.71. The van der Waals surface area contributed by atoms with E-state index in [9.17, 15) is 0 Å². The van der Waals surface area contributed by atoms with Crippen molar-refractivity contribution < 1.29 is 4.74 Å². The molecule has 1 aromatic carbocycles. The number of rotatable bonds is 4. The fourth-order valence-corrected chi connectivity index (χ4v) is 2.52. The van der Waals surface area contributed by atoms with Crippen LogP contribution in [0, 0.1) is 0 Å². The van der Waals surface area contributed by atoms with Crippen molar-refractivity contribution in [2.45, 2.75) is 19.3 Å². The van der Waals surface area contributed by atoms with E-state index in [1.165, 1.54) is 32.4 Å². The third-order valence-corrected chi connectivity index (χ3v) is 3.53. The highest BCUT2D eigenvalue weighted by Crippen LogP contribution is 2.22. The van der Waals surface area contributed by atoms with E-state index in [2.05, 4.69) is 14.9 Å². The van der Waals surface area contributed by atoms with Gasteiger partial charge in [-0.25, -0.2) is 4.98 Å². The Hall–Kier alpha value is -1.55. The minimum atomic E-state index is 0.742. The van der Waals surface area contributed by atoms with E-state index in [-0.39, 0.29) is 0 Å². The van der Waals surface area contributed by atoms with Gasteiger partial charge >= 0.3 is 0 Å². The van der Waals surface area contributed by atoms with Crippen LogP contribution in [0.4, 0.5) is 0 Å². The second-order valence-electron chi connectivity index (χ2n) is 4.81. The molecule has 1 aromatic heterocycles. The maximum absolute atomic E-state index is 5.86. The number of nitrogens with one attached hydrogen (secondary N) is 1. The number of hydrogen-bond donors (Lipinski definition) is 1. The molecule has 1 aliphatic heterocycles. The van der Waals surface area contributed by atoms with E-state index in [0.29, 0.717) is 0 Å². The number of nitrogens with zero attached hydrogens (tertiary/aromatic N) is 2. The number of piperidine rings is 1. The Morgan fingerprint density at radius 2 is 2.11 bits per heavy atom. The zero-order valence-electron chi connectivity index (χ0n) is 10.6. The SMILES string of the molecule is c1cc(OCCN2CCCCC2)c2nc[nH]c2c1. The van der Waals surface area contributed by atoms with Crippen molar-refractivity contribution in [1.82, 2.24) is 14.9 Å². The molecular formula is C14H19N3O. The van der Waals surface area contributed by atoms with E-state index in [4.69, 9.17) is 4.74 Å². The smallest absolute Gasteiger partial charge is 0.147 e. The topological polar surface area (TPSA) is 41.1 Å². The normalized spacial score (nSPS) is 17.1. The molecule has 0 radical (unpaired) electrons. The Balaban J connectivity index is 1.57. The highest BCUT2D eigenvalue weighted by atomic mass is 16.5. The van der Waals surface area contributed by atoms with Crippen molar-refractivity contribution >= 4 is 11.0 Å². The molecule has 0 saturated carbocycles. The summed E-state index contributed by atoms with van der Waals surface area (Å²) < 4.78 is 5.86. The van der Waals surface area contributed by atoms with Gasteiger partial charge in [-0.3, -0.25) is 4.90 Å². The molecule has 4 nitrogen and oxygen atoms in total. The Kier molecular flexibility index (Phi) is 3.46.